The van der Waals surface area contributed by atoms with Gasteiger partial charge in [-0.05, 0) is 29.8 Å². The van der Waals surface area contributed by atoms with Gasteiger partial charge in [-0.25, -0.2) is 4.98 Å². The van der Waals surface area contributed by atoms with Gasteiger partial charge in [-0.3, -0.25) is 14.8 Å². The molecule has 4 rings (SSSR count). The zero-order valence-corrected chi connectivity index (χ0v) is 16.8. The highest BCUT2D eigenvalue weighted by molar-refractivity contribution is 7.09. The fourth-order valence-corrected chi connectivity index (χ4v) is 4.28. The summed E-state index contributed by atoms with van der Waals surface area (Å²) in [6.45, 7) is 6.20. The summed E-state index contributed by atoms with van der Waals surface area (Å²) in [6, 6.07) is 14.2. The molecule has 6 heteroatoms. The van der Waals surface area contributed by atoms with Crippen LogP contribution in [0.5, 0.6) is 0 Å². The van der Waals surface area contributed by atoms with Crippen molar-refractivity contribution in [1.29, 1.82) is 0 Å². The van der Waals surface area contributed by atoms with Crippen LogP contribution in [0.15, 0.2) is 54.0 Å². The van der Waals surface area contributed by atoms with E-state index < -0.39 is 0 Å². The van der Waals surface area contributed by atoms with Gasteiger partial charge in [-0.1, -0.05) is 29.8 Å². The van der Waals surface area contributed by atoms with Gasteiger partial charge in [0.05, 0.1) is 16.4 Å². The highest BCUT2D eigenvalue weighted by Crippen LogP contribution is 2.18. The topological polar surface area (TPSA) is 32.3 Å². The maximum atomic E-state index is 5.96. The molecule has 3 aromatic rings. The van der Waals surface area contributed by atoms with Crippen LogP contribution in [0.25, 0.3) is 0 Å². The standard InChI is InChI=1S/C21H23ClN4S/c22-18-6-4-17(5-7-18)13-21-24-20(16-27-21)15-26-11-9-25(10-12-26)14-19-3-1-2-8-23-19/h1-8,16H,9-15H2. The lowest BCUT2D eigenvalue weighted by Gasteiger charge is -2.34. The second-order valence-electron chi connectivity index (χ2n) is 6.91. The lowest BCUT2D eigenvalue weighted by atomic mass is 10.2. The van der Waals surface area contributed by atoms with E-state index in [-0.39, 0.29) is 0 Å². The second kappa shape index (κ2) is 8.93. The molecule has 2 aromatic heterocycles. The minimum atomic E-state index is 0.778. The molecule has 1 aromatic carbocycles. The second-order valence-corrected chi connectivity index (χ2v) is 8.29. The Bertz CT molecular complexity index is 842. The number of benzene rings is 1. The van der Waals surface area contributed by atoms with E-state index in [0.717, 1.165) is 56.4 Å². The highest BCUT2D eigenvalue weighted by atomic mass is 35.5. The Morgan fingerprint density at radius 3 is 2.26 bits per heavy atom. The fraction of sp³-hybridized carbons (Fsp3) is 0.333. The predicted octanol–water partition coefficient (Wildman–Crippen LogP) is 4.10. The number of aromatic nitrogens is 2. The Hall–Kier alpha value is -1.79. The van der Waals surface area contributed by atoms with Crippen molar-refractivity contribution in [2.24, 2.45) is 0 Å². The summed E-state index contributed by atoms with van der Waals surface area (Å²) < 4.78 is 0. The molecule has 1 fully saturated rings. The Morgan fingerprint density at radius 1 is 0.889 bits per heavy atom. The third-order valence-corrected chi connectivity index (χ3v) is 5.98. The first-order valence-corrected chi connectivity index (χ1v) is 10.5. The quantitative estimate of drug-likeness (QED) is 0.625. The molecule has 1 saturated heterocycles. The van der Waals surface area contributed by atoms with Gasteiger partial charge in [0, 0.05) is 62.3 Å². The lowest BCUT2D eigenvalue weighted by molar-refractivity contribution is 0.120. The molecule has 140 valence electrons. The molecule has 0 amide bonds. The summed E-state index contributed by atoms with van der Waals surface area (Å²) in [7, 11) is 0. The number of hydrogen-bond donors (Lipinski definition) is 0. The smallest absolute Gasteiger partial charge is 0.0972 e. The zero-order chi connectivity index (χ0) is 18.5. The minimum absolute atomic E-state index is 0.778. The van der Waals surface area contributed by atoms with Crippen LogP contribution in [0.1, 0.15) is 22.0 Å². The summed E-state index contributed by atoms with van der Waals surface area (Å²) in [4.78, 5) is 14.2. The lowest BCUT2D eigenvalue weighted by Crippen LogP contribution is -2.45. The molecule has 0 saturated carbocycles. The molecule has 3 heterocycles. The molecule has 27 heavy (non-hydrogen) atoms. The number of rotatable bonds is 6. The van der Waals surface area contributed by atoms with Gasteiger partial charge in [0.25, 0.3) is 0 Å². The van der Waals surface area contributed by atoms with E-state index in [1.54, 1.807) is 11.3 Å². The SMILES string of the molecule is Clc1ccc(Cc2nc(CN3CCN(Cc4ccccn4)CC3)cs2)cc1. The summed E-state index contributed by atoms with van der Waals surface area (Å²) in [5.74, 6) is 0. The highest BCUT2D eigenvalue weighted by Gasteiger charge is 2.18. The molecule has 1 aliphatic rings. The first kappa shape index (κ1) is 18.6. The Kier molecular flexibility index (Phi) is 6.14. The first-order valence-electron chi connectivity index (χ1n) is 9.27. The molecule has 0 bridgehead atoms. The maximum Gasteiger partial charge on any atom is 0.0972 e. The molecular formula is C21H23ClN4S. The average molecular weight is 399 g/mol. The van der Waals surface area contributed by atoms with Crippen molar-refractivity contribution in [1.82, 2.24) is 19.8 Å². The molecule has 0 spiro atoms. The minimum Gasteiger partial charge on any atom is -0.295 e. The summed E-state index contributed by atoms with van der Waals surface area (Å²) in [6.07, 6.45) is 2.75. The average Bonchev–Trinajstić information content (AvgIpc) is 3.13. The predicted molar refractivity (Wildman–Crippen MR) is 111 cm³/mol. The van der Waals surface area contributed by atoms with E-state index in [0.29, 0.717) is 0 Å². The number of thiazole rings is 1. The number of hydrogen-bond acceptors (Lipinski definition) is 5. The Balaban J connectivity index is 1.26. The fourth-order valence-electron chi connectivity index (χ4n) is 3.33. The number of piperazine rings is 1. The Labute approximate surface area is 169 Å². The molecule has 4 nitrogen and oxygen atoms in total. The van der Waals surface area contributed by atoms with Crippen molar-refractivity contribution in [2.75, 3.05) is 26.2 Å². The van der Waals surface area contributed by atoms with Crippen molar-refractivity contribution in [3.8, 4) is 0 Å². The van der Waals surface area contributed by atoms with Crippen molar-refractivity contribution < 1.29 is 0 Å². The van der Waals surface area contributed by atoms with Crippen molar-refractivity contribution in [2.45, 2.75) is 19.5 Å². The van der Waals surface area contributed by atoms with Crippen LogP contribution in [-0.2, 0) is 19.5 Å². The van der Waals surface area contributed by atoms with Crippen LogP contribution < -0.4 is 0 Å². The van der Waals surface area contributed by atoms with Crippen LogP contribution in [0, 0.1) is 0 Å². The van der Waals surface area contributed by atoms with Gasteiger partial charge in [-0.2, -0.15) is 0 Å². The largest absolute Gasteiger partial charge is 0.295 e. The van der Waals surface area contributed by atoms with E-state index in [1.807, 2.05) is 24.4 Å². The zero-order valence-electron chi connectivity index (χ0n) is 15.2. The van der Waals surface area contributed by atoms with Crippen LogP contribution in [0.2, 0.25) is 5.02 Å². The molecule has 1 aliphatic heterocycles. The maximum absolute atomic E-state index is 5.96. The normalized spacial score (nSPS) is 15.9. The van der Waals surface area contributed by atoms with Crippen molar-refractivity contribution >= 4 is 22.9 Å². The van der Waals surface area contributed by atoms with Gasteiger partial charge in [0.2, 0.25) is 0 Å². The van der Waals surface area contributed by atoms with Crippen LogP contribution in [0.4, 0.5) is 0 Å². The third-order valence-electron chi connectivity index (χ3n) is 4.83. The third kappa shape index (κ3) is 5.36. The van der Waals surface area contributed by atoms with E-state index in [2.05, 4.69) is 44.4 Å². The number of pyridine rings is 1. The summed E-state index contributed by atoms with van der Waals surface area (Å²) in [5, 5.41) is 4.15. The molecular weight excluding hydrogens is 376 g/mol. The van der Waals surface area contributed by atoms with Gasteiger partial charge in [0.1, 0.15) is 0 Å². The molecule has 0 unspecified atom stereocenters. The summed E-state index contributed by atoms with van der Waals surface area (Å²) in [5.41, 5.74) is 3.59. The number of nitrogens with zero attached hydrogens (tertiary/aromatic N) is 4. The molecule has 0 aliphatic carbocycles. The van der Waals surface area contributed by atoms with Gasteiger partial charge >= 0.3 is 0 Å². The Morgan fingerprint density at radius 2 is 1.59 bits per heavy atom. The van der Waals surface area contributed by atoms with E-state index in [4.69, 9.17) is 16.6 Å². The van der Waals surface area contributed by atoms with Crippen LogP contribution >= 0.6 is 22.9 Å². The van der Waals surface area contributed by atoms with Gasteiger partial charge in [0.15, 0.2) is 0 Å². The van der Waals surface area contributed by atoms with E-state index in [1.165, 1.54) is 16.3 Å². The van der Waals surface area contributed by atoms with Crippen LogP contribution in [-0.4, -0.2) is 45.9 Å². The van der Waals surface area contributed by atoms with Crippen molar-refractivity contribution in [3.05, 3.63) is 81.0 Å². The van der Waals surface area contributed by atoms with Gasteiger partial charge < -0.3 is 0 Å². The summed E-state index contributed by atoms with van der Waals surface area (Å²) >= 11 is 7.71. The number of halogens is 1. The molecule has 0 N–H and O–H groups in total. The first-order chi connectivity index (χ1) is 13.2. The van der Waals surface area contributed by atoms with E-state index in [9.17, 15) is 0 Å². The van der Waals surface area contributed by atoms with Crippen molar-refractivity contribution in [3.63, 3.8) is 0 Å². The monoisotopic (exact) mass is 398 g/mol. The van der Waals surface area contributed by atoms with Gasteiger partial charge in [-0.15, -0.1) is 11.3 Å². The molecule has 0 atom stereocenters. The van der Waals surface area contributed by atoms with Crippen LogP contribution in [0.3, 0.4) is 0 Å². The van der Waals surface area contributed by atoms with E-state index >= 15 is 0 Å². The molecule has 0 radical (unpaired) electrons.